The molecule has 0 aromatic rings. The van der Waals surface area contributed by atoms with E-state index in [1.165, 1.54) is 64.3 Å². The number of unbranched alkanes of at least 4 members (excludes halogenated alkanes) is 5. The van der Waals surface area contributed by atoms with Crippen molar-refractivity contribution in [1.29, 1.82) is 0 Å². The van der Waals surface area contributed by atoms with Gasteiger partial charge in [-0.15, -0.1) is 0 Å². The average Bonchev–Trinajstić information content (AvgIpc) is 3.10. The van der Waals surface area contributed by atoms with E-state index in [1.54, 1.807) is 0 Å². The van der Waals surface area contributed by atoms with Gasteiger partial charge in [-0.3, -0.25) is 0 Å². The Balaban J connectivity index is 1.61. The molecule has 1 N–H and O–H groups in total. The molecule has 0 aromatic carbocycles. The number of ether oxygens (including phenoxy) is 1. The minimum atomic E-state index is 0.870. The molecule has 0 spiro atoms. The zero-order chi connectivity index (χ0) is 11.5. The molecule has 16 heavy (non-hydrogen) atoms. The van der Waals surface area contributed by atoms with Crippen LogP contribution >= 0.6 is 0 Å². The second-order valence-electron chi connectivity index (χ2n) is 4.96. The van der Waals surface area contributed by atoms with Gasteiger partial charge in [0, 0.05) is 19.3 Å². The largest absolute Gasteiger partial charge is 0.381 e. The van der Waals surface area contributed by atoms with Crippen molar-refractivity contribution < 1.29 is 4.74 Å². The van der Waals surface area contributed by atoms with Gasteiger partial charge in [-0.25, -0.2) is 0 Å². The molecule has 0 aliphatic heterocycles. The highest BCUT2D eigenvalue weighted by atomic mass is 16.5. The van der Waals surface area contributed by atoms with Crippen LogP contribution in [0, 0.1) is 0 Å². The lowest BCUT2D eigenvalue weighted by Gasteiger charge is -2.04. The molecule has 1 aliphatic carbocycles. The lowest BCUT2D eigenvalue weighted by Crippen LogP contribution is -2.17. The molecule has 1 fully saturated rings. The van der Waals surface area contributed by atoms with Crippen molar-refractivity contribution >= 4 is 0 Å². The Kier molecular flexibility index (Phi) is 8.83. The molecule has 0 atom stereocenters. The third-order valence-electron chi connectivity index (χ3n) is 3.12. The molecular weight excluding hydrogens is 198 g/mol. The molecule has 0 saturated heterocycles. The van der Waals surface area contributed by atoms with E-state index in [4.69, 9.17) is 4.74 Å². The topological polar surface area (TPSA) is 21.3 Å². The van der Waals surface area contributed by atoms with Crippen molar-refractivity contribution in [2.45, 2.75) is 70.8 Å². The van der Waals surface area contributed by atoms with Crippen LogP contribution in [-0.2, 0) is 4.74 Å². The van der Waals surface area contributed by atoms with Crippen LogP contribution in [-0.4, -0.2) is 25.8 Å². The van der Waals surface area contributed by atoms with Gasteiger partial charge in [-0.1, -0.05) is 26.2 Å². The van der Waals surface area contributed by atoms with Crippen molar-refractivity contribution in [3.63, 3.8) is 0 Å². The van der Waals surface area contributed by atoms with Crippen LogP contribution in [0.5, 0.6) is 0 Å². The van der Waals surface area contributed by atoms with Gasteiger partial charge in [-0.05, 0) is 45.1 Å². The first-order chi connectivity index (χ1) is 7.93. The van der Waals surface area contributed by atoms with Crippen LogP contribution in [0.4, 0.5) is 0 Å². The minimum absolute atomic E-state index is 0.870. The SMILES string of the molecule is CCCCCCOCCCCCNC1CC1. The molecule has 96 valence electrons. The number of rotatable bonds is 12. The Morgan fingerprint density at radius 2 is 1.62 bits per heavy atom. The van der Waals surface area contributed by atoms with Crippen molar-refractivity contribution in [3.05, 3.63) is 0 Å². The van der Waals surface area contributed by atoms with Crippen LogP contribution in [0.3, 0.4) is 0 Å². The van der Waals surface area contributed by atoms with Crippen molar-refractivity contribution in [2.75, 3.05) is 19.8 Å². The van der Waals surface area contributed by atoms with Crippen molar-refractivity contribution in [3.8, 4) is 0 Å². The first-order valence-corrected chi connectivity index (χ1v) is 7.24. The quantitative estimate of drug-likeness (QED) is 0.515. The lowest BCUT2D eigenvalue weighted by atomic mass is 10.2. The Hall–Kier alpha value is -0.0800. The van der Waals surface area contributed by atoms with Gasteiger partial charge in [-0.2, -0.15) is 0 Å². The molecule has 0 radical (unpaired) electrons. The second kappa shape index (κ2) is 10.1. The monoisotopic (exact) mass is 227 g/mol. The van der Waals surface area contributed by atoms with E-state index in [2.05, 4.69) is 12.2 Å². The maximum Gasteiger partial charge on any atom is 0.0466 e. The van der Waals surface area contributed by atoms with E-state index in [9.17, 15) is 0 Å². The van der Waals surface area contributed by atoms with E-state index >= 15 is 0 Å². The fourth-order valence-electron chi connectivity index (χ4n) is 1.83. The molecule has 0 heterocycles. The fourth-order valence-corrected chi connectivity index (χ4v) is 1.83. The lowest BCUT2D eigenvalue weighted by molar-refractivity contribution is 0.126. The summed E-state index contributed by atoms with van der Waals surface area (Å²) in [5, 5.41) is 3.54. The number of hydrogen-bond acceptors (Lipinski definition) is 2. The van der Waals surface area contributed by atoms with E-state index in [0.29, 0.717) is 0 Å². The van der Waals surface area contributed by atoms with Gasteiger partial charge in [0.1, 0.15) is 0 Å². The molecule has 2 nitrogen and oxygen atoms in total. The summed E-state index contributed by atoms with van der Waals surface area (Å²) in [6.07, 6.45) is 11.9. The first-order valence-electron chi connectivity index (χ1n) is 7.24. The normalized spacial score (nSPS) is 15.6. The third kappa shape index (κ3) is 9.17. The second-order valence-corrected chi connectivity index (χ2v) is 4.96. The predicted octanol–water partition coefficient (Wildman–Crippen LogP) is 3.51. The molecule has 0 amide bonds. The van der Waals surface area contributed by atoms with Gasteiger partial charge in [0.05, 0.1) is 0 Å². The summed E-state index contributed by atoms with van der Waals surface area (Å²) in [5.74, 6) is 0. The van der Waals surface area contributed by atoms with Crippen LogP contribution in [0.15, 0.2) is 0 Å². The standard InChI is InChI=1S/C14H29NO/c1-2-3-4-7-12-16-13-8-5-6-11-15-14-9-10-14/h14-15H,2-13H2,1H3. The van der Waals surface area contributed by atoms with E-state index in [0.717, 1.165) is 19.3 Å². The summed E-state index contributed by atoms with van der Waals surface area (Å²) in [4.78, 5) is 0. The molecule has 1 rings (SSSR count). The Bertz CT molecular complexity index is 146. The molecule has 0 aromatic heterocycles. The summed E-state index contributed by atoms with van der Waals surface area (Å²) >= 11 is 0. The first kappa shape index (κ1) is 14.0. The Morgan fingerprint density at radius 1 is 0.938 bits per heavy atom. The van der Waals surface area contributed by atoms with Gasteiger partial charge in [0.2, 0.25) is 0 Å². The number of hydrogen-bond donors (Lipinski definition) is 1. The van der Waals surface area contributed by atoms with Crippen LogP contribution in [0.2, 0.25) is 0 Å². The third-order valence-corrected chi connectivity index (χ3v) is 3.12. The minimum Gasteiger partial charge on any atom is -0.381 e. The summed E-state index contributed by atoms with van der Waals surface area (Å²) < 4.78 is 5.60. The predicted molar refractivity (Wildman–Crippen MR) is 69.8 cm³/mol. The molecule has 2 heteroatoms. The zero-order valence-corrected chi connectivity index (χ0v) is 11.0. The molecule has 0 unspecified atom stereocenters. The average molecular weight is 227 g/mol. The summed E-state index contributed by atoms with van der Waals surface area (Å²) in [6, 6.07) is 0.870. The summed E-state index contributed by atoms with van der Waals surface area (Å²) in [6.45, 7) is 5.40. The summed E-state index contributed by atoms with van der Waals surface area (Å²) in [5.41, 5.74) is 0. The zero-order valence-electron chi connectivity index (χ0n) is 11.0. The fraction of sp³-hybridized carbons (Fsp3) is 1.00. The molecule has 1 aliphatic rings. The van der Waals surface area contributed by atoms with Gasteiger partial charge < -0.3 is 10.1 Å². The smallest absolute Gasteiger partial charge is 0.0466 e. The van der Waals surface area contributed by atoms with Gasteiger partial charge in [0.25, 0.3) is 0 Å². The van der Waals surface area contributed by atoms with Crippen LogP contribution in [0.25, 0.3) is 0 Å². The van der Waals surface area contributed by atoms with Crippen LogP contribution in [0.1, 0.15) is 64.7 Å². The number of nitrogens with one attached hydrogen (secondary N) is 1. The maximum absolute atomic E-state index is 5.60. The Labute approximate surface area is 101 Å². The highest BCUT2D eigenvalue weighted by molar-refractivity contribution is 4.80. The highest BCUT2D eigenvalue weighted by Gasteiger charge is 2.19. The summed E-state index contributed by atoms with van der Waals surface area (Å²) in [7, 11) is 0. The molecule has 1 saturated carbocycles. The highest BCUT2D eigenvalue weighted by Crippen LogP contribution is 2.18. The van der Waals surface area contributed by atoms with Crippen molar-refractivity contribution in [1.82, 2.24) is 5.32 Å². The van der Waals surface area contributed by atoms with Crippen molar-refractivity contribution in [2.24, 2.45) is 0 Å². The maximum atomic E-state index is 5.60. The molecule has 0 bridgehead atoms. The van der Waals surface area contributed by atoms with Crippen LogP contribution < -0.4 is 5.32 Å². The van der Waals surface area contributed by atoms with E-state index in [-0.39, 0.29) is 0 Å². The van der Waals surface area contributed by atoms with E-state index < -0.39 is 0 Å². The Morgan fingerprint density at radius 3 is 2.25 bits per heavy atom. The van der Waals surface area contributed by atoms with Gasteiger partial charge >= 0.3 is 0 Å². The van der Waals surface area contributed by atoms with Gasteiger partial charge in [0.15, 0.2) is 0 Å². The van der Waals surface area contributed by atoms with E-state index in [1.807, 2.05) is 0 Å². The molecular formula is C14H29NO.